The highest BCUT2D eigenvalue weighted by Gasteiger charge is 2.37. The van der Waals surface area contributed by atoms with E-state index in [2.05, 4.69) is 18.3 Å². The van der Waals surface area contributed by atoms with Crippen molar-refractivity contribution in [2.45, 2.75) is 51.9 Å². The molecule has 3 rings (SSSR count). The molecule has 1 aromatic carbocycles. The van der Waals surface area contributed by atoms with Crippen molar-refractivity contribution in [1.29, 1.82) is 0 Å². The monoisotopic (exact) mass is 340 g/mol. The summed E-state index contributed by atoms with van der Waals surface area (Å²) < 4.78 is 0. The Bertz CT molecular complexity index is 648. The van der Waals surface area contributed by atoms with Crippen molar-refractivity contribution in [1.82, 2.24) is 5.32 Å². The van der Waals surface area contributed by atoms with Gasteiger partial charge in [-0.15, -0.1) is 0 Å². The maximum Gasteiger partial charge on any atom is 0.239 e. The Morgan fingerprint density at radius 2 is 2.04 bits per heavy atom. The van der Waals surface area contributed by atoms with Gasteiger partial charge in [0.2, 0.25) is 11.8 Å². The van der Waals surface area contributed by atoms with Gasteiger partial charge in [0.15, 0.2) is 0 Å². The lowest BCUT2D eigenvalue weighted by Crippen LogP contribution is -2.37. The van der Waals surface area contributed by atoms with E-state index in [0.29, 0.717) is 19.5 Å². The van der Waals surface area contributed by atoms with Crippen LogP contribution in [0, 0.1) is 5.92 Å². The van der Waals surface area contributed by atoms with E-state index in [9.17, 15) is 9.59 Å². The van der Waals surface area contributed by atoms with Crippen LogP contribution in [0.3, 0.4) is 0 Å². The number of hydrogen-bond donors (Lipinski definition) is 1. The fraction of sp³-hybridized carbons (Fsp3) is 0.524. The minimum Gasteiger partial charge on any atom is -0.355 e. The van der Waals surface area contributed by atoms with Gasteiger partial charge >= 0.3 is 0 Å². The molecule has 1 unspecified atom stereocenters. The highest BCUT2D eigenvalue weighted by atomic mass is 16.2. The van der Waals surface area contributed by atoms with E-state index in [4.69, 9.17) is 0 Å². The molecule has 0 aromatic heterocycles. The van der Waals surface area contributed by atoms with Crippen molar-refractivity contribution in [3.05, 3.63) is 41.5 Å². The molecular weight excluding hydrogens is 312 g/mol. The number of rotatable bonds is 6. The van der Waals surface area contributed by atoms with Crippen LogP contribution < -0.4 is 10.2 Å². The van der Waals surface area contributed by atoms with Crippen molar-refractivity contribution in [2.24, 2.45) is 5.92 Å². The molecule has 1 saturated heterocycles. The summed E-state index contributed by atoms with van der Waals surface area (Å²) in [5.74, 6) is -0.723. The number of carbonyl (C=O) groups is 2. The van der Waals surface area contributed by atoms with E-state index in [1.807, 2.05) is 24.3 Å². The van der Waals surface area contributed by atoms with Gasteiger partial charge in [0.05, 0.1) is 0 Å². The number of allylic oxidation sites excluding steroid dienone is 1. The maximum atomic E-state index is 12.6. The lowest BCUT2D eigenvalue weighted by molar-refractivity contribution is -0.132. The predicted molar refractivity (Wildman–Crippen MR) is 100 cm³/mol. The highest BCUT2D eigenvalue weighted by Crippen LogP contribution is 2.26. The Morgan fingerprint density at radius 3 is 2.72 bits per heavy atom. The molecule has 1 N–H and O–H groups in total. The lowest BCUT2D eigenvalue weighted by Gasteiger charge is -2.17. The number of amides is 2. The Hall–Kier alpha value is -2.10. The summed E-state index contributed by atoms with van der Waals surface area (Å²) in [5, 5.41) is 2.97. The normalized spacial score (nSPS) is 20.5. The summed E-state index contributed by atoms with van der Waals surface area (Å²) in [6, 6.07) is 8.06. The lowest BCUT2D eigenvalue weighted by atomic mass is 9.97. The fourth-order valence-electron chi connectivity index (χ4n) is 3.69. The summed E-state index contributed by atoms with van der Waals surface area (Å²) in [4.78, 5) is 26.8. The molecule has 0 spiro atoms. The first-order valence-electron chi connectivity index (χ1n) is 9.55. The van der Waals surface area contributed by atoms with Crippen molar-refractivity contribution in [3.63, 3.8) is 0 Å². The van der Waals surface area contributed by atoms with E-state index >= 15 is 0 Å². The molecule has 2 aliphatic rings. The van der Waals surface area contributed by atoms with Gasteiger partial charge in [-0.3, -0.25) is 9.59 Å². The standard InChI is InChI=1S/C21H28N2O2/c1-2-16-8-10-18(11-9-16)23-15-13-19(21(23)25)20(24)22-14-12-17-6-4-3-5-7-17/h6,8-11,19H,2-5,7,12-15H2,1H3,(H,22,24). The number of nitrogens with zero attached hydrogens (tertiary/aromatic N) is 1. The summed E-state index contributed by atoms with van der Waals surface area (Å²) in [6.07, 6.45) is 9.65. The van der Waals surface area contributed by atoms with Gasteiger partial charge in [0.25, 0.3) is 0 Å². The SMILES string of the molecule is CCc1ccc(N2CCC(C(=O)NCCC3=CCCCC3)C2=O)cc1. The average Bonchev–Trinajstić information content (AvgIpc) is 3.04. The fourth-order valence-corrected chi connectivity index (χ4v) is 3.69. The molecule has 134 valence electrons. The molecule has 25 heavy (non-hydrogen) atoms. The van der Waals surface area contributed by atoms with Crippen LogP contribution in [0.1, 0.15) is 51.0 Å². The molecular formula is C21H28N2O2. The van der Waals surface area contributed by atoms with Gasteiger partial charge < -0.3 is 10.2 Å². The van der Waals surface area contributed by atoms with Crippen LogP contribution in [0.5, 0.6) is 0 Å². The van der Waals surface area contributed by atoms with Crippen LogP contribution in [-0.2, 0) is 16.0 Å². The second kappa shape index (κ2) is 8.32. The predicted octanol–water partition coefficient (Wildman–Crippen LogP) is 3.61. The van der Waals surface area contributed by atoms with Crippen LogP contribution >= 0.6 is 0 Å². The smallest absolute Gasteiger partial charge is 0.239 e. The molecule has 4 heteroatoms. The second-order valence-electron chi connectivity index (χ2n) is 7.00. The quantitative estimate of drug-likeness (QED) is 0.635. The topological polar surface area (TPSA) is 49.4 Å². The molecule has 1 atom stereocenters. The third-order valence-corrected chi connectivity index (χ3v) is 5.31. The van der Waals surface area contributed by atoms with Crippen LogP contribution in [0.15, 0.2) is 35.9 Å². The van der Waals surface area contributed by atoms with Crippen molar-refractivity contribution < 1.29 is 9.59 Å². The minimum absolute atomic E-state index is 0.0707. The summed E-state index contributed by atoms with van der Waals surface area (Å²) in [7, 11) is 0. The molecule has 2 amide bonds. The van der Waals surface area contributed by atoms with Crippen LogP contribution in [-0.4, -0.2) is 24.9 Å². The summed E-state index contributed by atoms with van der Waals surface area (Å²) >= 11 is 0. The molecule has 0 radical (unpaired) electrons. The molecule has 1 aliphatic heterocycles. The zero-order chi connectivity index (χ0) is 17.6. The first kappa shape index (κ1) is 17.7. The van der Waals surface area contributed by atoms with Crippen LogP contribution in [0.2, 0.25) is 0 Å². The Morgan fingerprint density at radius 1 is 1.24 bits per heavy atom. The molecule has 0 saturated carbocycles. The zero-order valence-corrected chi connectivity index (χ0v) is 15.1. The largest absolute Gasteiger partial charge is 0.355 e. The Kier molecular flexibility index (Phi) is 5.90. The summed E-state index contributed by atoms with van der Waals surface area (Å²) in [5.41, 5.74) is 3.59. The Balaban J connectivity index is 1.51. The maximum absolute atomic E-state index is 12.6. The molecule has 4 nitrogen and oxygen atoms in total. The number of carbonyl (C=O) groups excluding carboxylic acids is 2. The van der Waals surface area contributed by atoms with Crippen molar-refractivity contribution in [2.75, 3.05) is 18.0 Å². The van der Waals surface area contributed by atoms with Gasteiger partial charge in [-0.2, -0.15) is 0 Å². The van der Waals surface area contributed by atoms with Crippen molar-refractivity contribution in [3.8, 4) is 0 Å². The Labute approximate surface area is 150 Å². The first-order valence-corrected chi connectivity index (χ1v) is 9.55. The number of nitrogens with one attached hydrogen (secondary N) is 1. The van der Waals surface area contributed by atoms with Gasteiger partial charge in [-0.05, 0) is 62.6 Å². The van der Waals surface area contributed by atoms with Crippen LogP contribution in [0.4, 0.5) is 5.69 Å². The number of aryl methyl sites for hydroxylation is 1. The van der Waals surface area contributed by atoms with E-state index in [1.165, 1.54) is 24.0 Å². The second-order valence-corrected chi connectivity index (χ2v) is 7.00. The van der Waals surface area contributed by atoms with Gasteiger partial charge in [0.1, 0.15) is 5.92 Å². The van der Waals surface area contributed by atoms with Gasteiger partial charge in [-0.25, -0.2) is 0 Å². The summed E-state index contributed by atoms with van der Waals surface area (Å²) in [6.45, 7) is 3.37. The first-order chi connectivity index (χ1) is 12.2. The van der Waals surface area contributed by atoms with E-state index in [-0.39, 0.29) is 11.8 Å². The number of anilines is 1. The molecule has 1 heterocycles. The van der Waals surface area contributed by atoms with E-state index < -0.39 is 5.92 Å². The number of hydrogen-bond acceptors (Lipinski definition) is 2. The zero-order valence-electron chi connectivity index (χ0n) is 15.1. The molecule has 0 bridgehead atoms. The van der Waals surface area contributed by atoms with Crippen LogP contribution in [0.25, 0.3) is 0 Å². The van der Waals surface area contributed by atoms with Gasteiger partial charge in [-0.1, -0.05) is 30.7 Å². The average molecular weight is 340 g/mol. The molecule has 1 aliphatic carbocycles. The van der Waals surface area contributed by atoms with E-state index in [1.54, 1.807) is 4.90 Å². The minimum atomic E-state index is -0.536. The number of benzene rings is 1. The molecule has 1 fully saturated rings. The highest BCUT2D eigenvalue weighted by molar-refractivity contribution is 6.09. The van der Waals surface area contributed by atoms with E-state index in [0.717, 1.165) is 31.4 Å². The third-order valence-electron chi connectivity index (χ3n) is 5.31. The third kappa shape index (κ3) is 4.30. The molecule has 1 aromatic rings. The van der Waals surface area contributed by atoms with Crippen molar-refractivity contribution >= 4 is 17.5 Å². The van der Waals surface area contributed by atoms with Gasteiger partial charge in [0, 0.05) is 18.8 Å².